The Morgan fingerprint density at radius 2 is 2.12 bits per heavy atom. The highest BCUT2D eigenvalue weighted by molar-refractivity contribution is 7.11. The van der Waals surface area contributed by atoms with Crippen molar-refractivity contribution in [3.8, 4) is 17.3 Å². The largest absolute Gasteiger partial charge is 0.468 e. The Morgan fingerprint density at radius 1 is 1.35 bits per heavy atom. The molecule has 0 atom stereocenters. The lowest BCUT2D eigenvalue weighted by atomic mass is 10.1. The summed E-state index contributed by atoms with van der Waals surface area (Å²) in [5, 5.41) is 12.8. The number of halogens is 1. The standard InChI is InChI=1S/C19H14ClN3O2S/c1-25-18(24)11-23-9-3-2-4-17(23)15(10-21)19-22-16(12-26-19)13-5-7-14(20)8-6-13/h2-9,12H,11H2,1H3/b17-15+. The van der Waals surface area contributed by atoms with E-state index in [1.54, 1.807) is 35.4 Å². The minimum Gasteiger partial charge on any atom is -0.468 e. The van der Waals surface area contributed by atoms with E-state index in [4.69, 9.17) is 16.3 Å². The minimum atomic E-state index is -0.388. The summed E-state index contributed by atoms with van der Waals surface area (Å²) < 4.78 is 4.72. The molecular weight excluding hydrogens is 370 g/mol. The van der Waals surface area contributed by atoms with E-state index in [1.807, 2.05) is 23.6 Å². The first-order chi connectivity index (χ1) is 12.6. The molecular formula is C19H14ClN3O2S. The zero-order valence-electron chi connectivity index (χ0n) is 13.8. The fourth-order valence-corrected chi connectivity index (χ4v) is 3.36. The topological polar surface area (TPSA) is 66.2 Å². The van der Waals surface area contributed by atoms with E-state index in [2.05, 4.69) is 11.1 Å². The van der Waals surface area contributed by atoms with Crippen molar-refractivity contribution >= 4 is 34.5 Å². The molecule has 0 saturated carbocycles. The second-order valence-electron chi connectivity index (χ2n) is 5.32. The third-order valence-electron chi connectivity index (χ3n) is 3.69. The molecule has 0 spiro atoms. The molecule has 2 aromatic rings. The van der Waals surface area contributed by atoms with Crippen molar-refractivity contribution in [3.63, 3.8) is 0 Å². The van der Waals surface area contributed by atoms with E-state index in [1.165, 1.54) is 18.4 Å². The number of carbonyl (C=O) groups excluding carboxylic acids is 1. The second kappa shape index (κ2) is 8.00. The number of thiazole rings is 1. The fourth-order valence-electron chi connectivity index (χ4n) is 2.40. The van der Waals surface area contributed by atoms with Gasteiger partial charge in [-0.05, 0) is 24.3 Å². The van der Waals surface area contributed by atoms with Crippen molar-refractivity contribution < 1.29 is 9.53 Å². The van der Waals surface area contributed by atoms with Gasteiger partial charge in [0.1, 0.15) is 23.2 Å². The average Bonchev–Trinajstić information content (AvgIpc) is 3.14. The number of carbonyl (C=O) groups is 1. The Kier molecular flexibility index (Phi) is 5.52. The van der Waals surface area contributed by atoms with Gasteiger partial charge in [-0.25, -0.2) is 4.98 Å². The summed E-state index contributed by atoms with van der Waals surface area (Å²) >= 11 is 7.30. The van der Waals surface area contributed by atoms with Crippen LogP contribution in [0.25, 0.3) is 16.8 Å². The molecule has 0 fully saturated rings. The monoisotopic (exact) mass is 383 g/mol. The van der Waals surface area contributed by atoms with Crippen molar-refractivity contribution in [1.29, 1.82) is 5.26 Å². The van der Waals surface area contributed by atoms with Crippen molar-refractivity contribution in [2.24, 2.45) is 0 Å². The van der Waals surface area contributed by atoms with Gasteiger partial charge < -0.3 is 9.64 Å². The third kappa shape index (κ3) is 3.85. The lowest BCUT2D eigenvalue weighted by molar-refractivity contribution is -0.140. The molecule has 3 rings (SSSR count). The maximum absolute atomic E-state index is 11.6. The lowest BCUT2D eigenvalue weighted by Crippen LogP contribution is -2.26. The molecule has 0 radical (unpaired) electrons. The molecule has 0 unspecified atom stereocenters. The van der Waals surface area contributed by atoms with Crippen LogP contribution in [0.3, 0.4) is 0 Å². The number of nitriles is 1. The van der Waals surface area contributed by atoms with E-state index < -0.39 is 0 Å². The second-order valence-corrected chi connectivity index (χ2v) is 6.62. The molecule has 0 amide bonds. The molecule has 2 heterocycles. The Labute approximate surface area is 160 Å². The van der Waals surface area contributed by atoms with Crippen LogP contribution in [0.15, 0.2) is 59.8 Å². The molecule has 1 aromatic carbocycles. The number of aromatic nitrogens is 1. The molecule has 0 aliphatic carbocycles. The van der Waals surface area contributed by atoms with Crippen LogP contribution in [-0.2, 0) is 9.53 Å². The van der Waals surface area contributed by atoms with Crippen LogP contribution in [0.4, 0.5) is 0 Å². The van der Waals surface area contributed by atoms with Gasteiger partial charge in [0.15, 0.2) is 0 Å². The summed E-state index contributed by atoms with van der Waals surface area (Å²) in [5.41, 5.74) is 2.70. The summed E-state index contributed by atoms with van der Waals surface area (Å²) in [5.74, 6) is -0.388. The van der Waals surface area contributed by atoms with E-state index in [9.17, 15) is 10.1 Å². The SMILES string of the molecule is COC(=O)CN1C=CC=C/C1=C(/C#N)c1nc(-c2ccc(Cl)cc2)cs1. The van der Waals surface area contributed by atoms with Crippen LogP contribution < -0.4 is 0 Å². The highest BCUT2D eigenvalue weighted by atomic mass is 35.5. The van der Waals surface area contributed by atoms with Gasteiger partial charge in [-0.2, -0.15) is 5.26 Å². The fraction of sp³-hybridized carbons (Fsp3) is 0.105. The van der Waals surface area contributed by atoms with Gasteiger partial charge in [0.25, 0.3) is 0 Å². The number of nitrogens with zero attached hydrogens (tertiary/aromatic N) is 3. The zero-order chi connectivity index (χ0) is 18.5. The van der Waals surface area contributed by atoms with Crippen LogP contribution >= 0.6 is 22.9 Å². The number of rotatable bonds is 4. The maximum atomic E-state index is 11.6. The number of allylic oxidation sites excluding steroid dienone is 4. The van der Waals surface area contributed by atoms with Gasteiger partial charge in [0.05, 0.1) is 18.5 Å². The molecule has 0 bridgehead atoms. The van der Waals surface area contributed by atoms with E-state index in [-0.39, 0.29) is 12.5 Å². The molecule has 5 nitrogen and oxygen atoms in total. The first-order valence-electron chi connectivity index (χ1n) is 7.67. The molecule has 130 valence electrons. The summed E-state index contributed by atoms with van der Waals surface area (Å²) in [4.78, 5) is 17.9. The molecule has 0 N–H and O–H groups in total. The molecule has 1 aliphatic heterocycles. The summed E-state index contributed by atoms with van der Waals surface area (Å²) in [6, 6.07) is 9.57. The summed E-state index contributed by atoms with van der Waals surface area (Å²) in [6.45, 7) is 0.0211. The first-order valence-corrected chi connectivity index (χ1v) is 8.92. The summed E-state index contributed by atoms with van der Waals surface area (Å²) in [7, 11) is 1.33. The van der Waals surface area contributed by atoms with Crippen molar-refractivity contribution in [2.45, 2.75) is 0 Å². The number of hydrogen-bond donors (Lipinski definition) is 0. The molecule has 1 aromatic heterocycles. The smallest absolute Gasteiger partial charge is 0.325 e. The van der Waals surface area contributed by atoms with Crippen LogP contribution in [0.2, 0.25) is 5.02 Å². The van der Waals surface area contributed by atoms with Crippen LogP contribution in [-0.4, -0.2) is 29.5 Å². The van der Waals surface area contributed by atoms with Gasteiger partial charge in [-0.15, -0.1) is 11.3 Å². The number of hydrogen-bond acceptors (Lipinski definition) is 6. The van der Waals surface area contributed by atoms with Crippen LogP contribution in [0, 0.1) is 11.3 Å². The van der Waals surface area contributed by atoms with Gasteiger partial charge in [-0.1, -0.05) is 29.8 Å². The van der Waals surface area contributed by atoms with E-state index in [0.717, 1.165) is 11.3 Å². The van der Waals surface area contributed by atoms with Gasteiger partial charge >= 0.3 is 5.97 Å². The van der Waals surface area contributed by atoms with Crippen molar-refractivity contribution in [3.05, 3.63) is 69.8 Å². The van der Waals surface area contributed by atoms with Gasteiger partial charge in [-0.3, -0.25) is 4.79 Å². The van der Waals surface area contributed by atoms with Crippen molar-refractivity contribution in [2.75, 3.05) is 13.7 Å². The molecule has 26 heavy (non-hydrogen) atoms. The normalized spacial score (nSPS) is 14.9. The lowest BCUT2D eigenvalue weighted by Gasteiger charge is -2.23. The number of ether oxygens (including phenoxy) is 1. The van der Waals surface area contributed by atoms with Crippen LogP contribution in [0.5, 0.6) is 0 Å². The predicted octanol–water partition coefficient (Wildman–Crippen LogP) is 4.26. The van der Waals surface area contributed by atoms with Gasteiger partial charge in [0.2, 0.25) is 0 Å². The Hall–Kier alpha value is -2.88. The van der Waals surface area contributed by atoms with E-state index in [0.29, 0.717) is 21.3 Å². The van der Waals surface area contributed by atoms with Gasteiger partial charge in [0, 0.05) is 22.2 Å². The first kappa shape index (κ1) is 17.9. The Balaban J connectivity index is 1.97. The highest BCUT2D eigenvalue weighted by Crippen LogP contribution is 2.30. The third-order valence-corrected chi connectivity index (χ3v) is 4.81. The Bertz CT molecular complexity index is 952. The number of benzene rings is 1. The van der Waals surface area contributed by atoms with E-state index >= 15 is 0 Å². The maximum Gasteiger partial charge on any atom is 0.325 e. The molecule has 7 heteroatoms. The van der Waals surface area contributed by atoms with Crippen LogP contribution in [0.1, 0.15) is 5.01 Å². The molecule has 1 aliphatic rings. The predicted molar refractivity (Wildman–Crippen MR) is 102 cm³/mol. The quantitative estimate of drug-likeness (QED) is 0.583. The zero-order valence-corrected chi connectivity index (χ0v) is 15.4. The Morgan fingerprint density at radius 3 is 2.81 bits per heavy atom. The number of methoxy groups -OCH3 is 1. The molecule has 0 saturated heterocycles. The highest BCUT2D eigenvalue weighted by Gasteiger charge is 2.19. The summed E-state index contributed by atoms with van der Waals surface area (Å²) in [6.07, 6.45) is 7.12. The average molecular weight is 384 g/mol. The minimum absolute atomic E-state index is 0.0211. The van der Waals surface area contributed by atoms with Crippen molar-refractivity contribution in [1.82, 2.24) is 9.88 Å². The number of esters is 1.